The van der Waals surface area contributed by atoms with Crippen LogP contribution in [0.1, 0.15) is 18.4 Å². The molecule has 1 aliphatic rings. The summed E-state index contributed by atoms with van der Waals surface area (Å²) in [5, 5.41) is 0.719. The minimum absolute atomic E-state index is 0.458. The number of anilines is 2. The number of hydrogen-bond acceptors (Lipinski definition) is 5. The summed E-state index contributed by atoms with van der Waals surface area (Å²) < 4.78 is 0. The SMILES string of the molecule is Cc1cnc(N(C)C2CCN(c3ccncc3Cl)CC2)nc1. The minimum atomic E-state index is 0.458. The smallest absolute Gasteiger partial charge is 0.225 e. The molecule has 1 saturated heterocycles. The van der Waals surface area contributed by atoms with E-state index in [9.17, 15) is 0 Å². The van der Waals surface area contributed by atoms with Crippen LogP contribution in [0, 0.1) is 6.92 Å². The van der Waals surface area contributed by atoms with Gasteiger partial charge in [0.15, 0.2) is 0 Å². The summed E-state index contributed by atoms with van der Waals surface area (Å²) >= 11 is 6.23. The molecule has 0 bridgehead atoms. The van der Waals surface area contributed by atoms with Crippen molar-refractivity contribution in [3.63, 3.8) is 0 Å². The van der Waals surface area contributed by atoms with E-state index in [1.165, 1.54) is 0 Å². The van der Waals surface area contributed by atoms with Crippen LogP contribution in [0.3, 0.4) is 0 Å². The number of rotatable bonds is 3. The van der Waals surface area contributed by atoms with Crippen molar-refractivity contribution in [3.8, 4) is 0 Å². The van der Waals surface area contributed by atoms with Gasteiger partial charge in [-0.05, 0) is 31.4 Å². The third kappa shape index (κ3) is 3.14. The maximum absolute atomic E-state index is 6.23. The van der Waals surface area contributed by atoms with Gasteiger partial charge in [0.2, 0.25) is 5.95 Å². The van der Waals surface area contributed by atoms with Gasteiger partial charge in [0.25, 0.3) is 0 Å². The summed E-state index contributed by atoms with van der Waals surface area (Å²) in [6, 6.07) is 2.44. The third-order valence-corrected chi connectivity index (χ3v) is 4.48. The van der Waals surface area contributed by atoms with Gasteiger partial charge in [-0.25, -0.2) is 9.97 Å². The van der Waals surface area contributed by atoms with Crippen molar-refractivity contribution in [3.05, 3.63) is 41.4 Å². The highest BCUT2D eigenvalue weighted by Gasteiger charge is 2.24. The zero-order valence-corrected chi connectivity index (χ0v) is 13.7. The Balaban J connectivity index is 1.64. The average Bonchev–Trinajstić information content (AvgIpc) is 2.56. The van der Waals surface area contributed by atoms with E-state index >= 15 is 0 Å². The van der Waals surface area contributed by atoms with E-state index in [1.54, 1.807) is 12.4 Å². The van der Waals surface area contributed by atoms with Gasteiger partial charge in [0.05, 0.1) is 10.7 Å². The largest absolute Gasteiger partial charge is 0.370 e. The molecule has 1 fully saturated rings. The molecular weight excluding hydrogens is 298 g/mol. The number of piperidine rings is 1. The van der Waals surface area contributed by atoms with Crippen molar-refractivity contribution in [1.29, 1.82) is 0 Å². The van der Waals surface area contributed by atoms with E-state index in [4.69, 9.17) is 11.6 Å². The summed E-state index contributed by atoms with van der Waals surface area (Å²) in [5.41, 5.74) is 2.16. The first kappa shape index (κ1) is 15.0. The van der Waals surface area contributed by atoms with Gasteiger partial charge in [-0.3, -0.25) is 4.98 Å². The Hall–Kier alpha value is -1.88. The van der Waals surface area contributed by atoms with Crippen LogP contribution in [-0.4, -0.2) is 41.1 Å². The molecule has 0 unspecified atom stereocenters. The second kappa shape index (κ2) is 6.48. The number of aryl methyl sites for hydroxylation is 1. The summed E-state index contributed by atoms with van der Waals surface area (Å²) in [6.45, 7) is 3.95. The van der Waals surface area contributed by atoms with Crippen LogP contribution in [0.15, 0.2) is 30.9 Å². The zero-order chi connectivity index (χ0) is 15.5. The molecule has 0 N–H and O–H groups in total. The fourth-order valence-electron chi connectivity index (χ4n) is 2.85. The fraction of sp³-hybridized carbons (Fsp3) is 0.438. The Labute approximate surface area is 136 Å². The van der Waals surface area contributed by atoms with Crippen LogP contribution in [-0.2, 0) is 0 Å². The van der Waals surface area contributed by atoms with Crippen LogP contribution in [0.2, 0.25) is 5.02 Å². The first-order chi connectivity index (χ1) is 10.6. The molecule has 2 aromatic heterocycles. The van der Waals surface area contributed by atoms with Gasteiger partial charge in [-0.2, -0.15) is 0 Å². The van der Waals surface area contributed by atoms with Crippen molar-refractivity contribution in [2.75, 3.05) is 29.9 Å². The molecule has 22 heavy (non-hydrogen) atoms. The molecule has 0 saturated carbocycles. The van der Waals surface area contributed by atoms with E-state index in [0.717, 1.165) is 48.2 Å². The van der Waals surface area contributed by atoms with Gasteiger partial charge >= 0.3 is 0 Å². The van der Waals surface area contributed by atoms with E-state index in [-0.39, 0.29) is 0 Å². The molecule has 5 nitrogen and oxygen atoms in total. The predicted molar refractivity (Wildman–Crippen MR) is 89.7 cm³/mol. The Bertz CT molecular complexity index is 623. The molecule has 6 heteroatoms. The second-order valence-electron chi connectivity index (χ2n) is 5.72. The van der Waals surface area contributed by atoms with Crippen LogP contribution in [0.4, 0.5) is 11.6 Å². The lowest BCUT2D eigenvalue weighted by atomic mass is 10.0. The van der Waals surface area contributed by atoms with Crippen molar-refractivity contribution >= 4 is 23.2 Å². The van der Waals surface area contributed by atoms with Crippen molar-refractivity contribution in [1.82, 2.24) is 15.0 Å². The van der Waals surface area contributed by atoms with Crippen LogP contribution < -0.4 is 9.80 Å². The number of nitrogens with zero attached hydrogens (tertiary/aromatic N) is 5. The van der Waals surface area contributed by atoms with Gasteiger partial charge < -0.3 is 9.80 Å². The van der Waals surface area contributed by atoms with Crippen molar-refractivity contribution in [2.45, 2.75) is 25.8 Å². The highest BCUT2D eigenvalue weighted by molar-refractivity contribution is 6.33. The van der Waals surface area contributed by atoms with Gasteiger partial charge in [0.1, 0.15) is 0 Å². The number of hydrogen-bond donors (Lipinski definition) is 0. The second-order valence-corrected chi connectivity index (χ2v) is 6.12. The molecule has 3 rings (SSSR count). The summed E-state index contributed by atoms with van der Waals surface area (Å²) in [5.74, 6) is 0.797. The summed E-state index contributed by atoms with van der Waals surface area (Å²) in [7, 11) is 2.07. The maximum Gasteiger partial charge on any atom is 0.225 e. The highest BCUT2D eigenvalue weighted by Crippen LogP contribution is 2.28. The van der Waals surface area contributed by atoms with Gasteiger partial charge in [0, 0.05) is 51.0 Å². The topological polar surface area (TPSA) is 45.2 Å². The number of aromatic nitrogens is 3. The van der Waals surface area contributed by atoms with E-state index in [0.29, 0.717) is 6.04 Å². The quantitative estimate of drug-likeness (QED) is 0.871. The predicted octanol–water partition coefficient (Wildman–Crippen LogP) is 2.94. The van der Waals surface area contributed by atoms with Crippen molar-refractivity contribution in [2.24, 2.45) is 0 Å². The molecular formula is C16H20ClN5. The zero-order valence-electron chi connectivity index (χ0n) is 12.9. The Kier molecular flexibility index (Phi) is 4.43. The number of pyridine rings is 1. The van der Waals surface area contributed by atoms with Crippen LogP contribution >= 0.6 is 11.6 Å². The van der Waals surface area contributed by atoms with E-state index < -0.39 is 0 Å². The molecule has 116 valence electrons. The molecule has 0 aliphatic carbocycles. The third-order valence-electron chi connectivity index (χ3n) is 4.19. The summed E-state index contributed by atoms with van der Waals surface area (Å²) in [6.07, 6.45) is 9.35. The molecule has 0 aromatic carbocycles. The number of halogens is 1. The molecule has 1 aliphatic heterocycles. The normalized spacial score (nSPS) is 15.9. The van der Waals surface area contributed by atoms with Crippen LogP contribution in [0.25, 0.3) is 0 Å². The maximum atomic E-state index is 6.23. The standard InChI is InChI=1S/C16H20ClN5/c1-12-9-19-16(20-10-12)21(2)13-4-7-22(8-5-13)15-3-6-18-11-14(15)17/h3,6,9-11,13H,4-5,7-8H2,1-2H3. The lowest BCUT2D eigenvalue weighted by Gasteiger charge is -2.38. The first-order valence-corrected chi connectivity index (χ1v) is 7.89. The molecule has 2 aromatic rings. The Morgan fingerprint density at radius 2 is 1.86 bits per heavy atom. The first-order valence-electron chi connectivity index (χ1n) is 7.51. The van der Waals surface area contributed by atoms with Gasteiger partial charge in [-0.1, -0.05) is 11.6 Å². The van der Waals surface area contributed by atoms with Gasteiger partial charge in [-0.15, -0.1) is 0 Å². The summed E-state index contributed by atoms with van der Waals surface area (Å²) in [4.78, 5) is 17.4. The van der Waals surface area contributed by atoms with Crippen molar-refractivity contribution < 1.29 is 0 Å². The fourth-order valence-corrected chi connectivity index (χ4v) is 3.09. The lowest BCUT2D eigenvalue weighted by Crippen LogP contribution is -2.44. The molecule has 0 atom stereocenters. The molecule has 0 spiro atoms. The molecule has 0 amide bonds. The van der Waals surface area contributed by atoms with Crippen LogP contribution in [0.5, 0.6) is 0 Å². The Morgan fingerprint density at radius 3 is 2.50 bits per heavy atom. The monoisotopic (exact) mass is 317 g/mol. The van der Waals surface area contributed by atoms with E-state index in [2.05, 4.69) is 31.8 Å². The van der Waals surface area contributed by atoms with E-state index in [1.807, 2.05) is 25.4 Å². The molecule has 3 heterocycles. The Morgan fingerprint density at radius 1 is 1.18 bits per heavy atom. The highest BCUT2D eigenvalue weighted by atomic mass is 35.5. The molecule has 0 radical (unpaired) electrons. The lowest BCUT2D eigenvalue weighted by molar-refractivity contribution is 0.477. The average molecular weight is 318 g/mol. The minimum Gasteiger partial charge on any atom is -0.370 e.